The van der Waals surface area contributed by atoms with Crippen molar-refractivity contribution in [3.8, 4) is 16.9 Å². The van der Waals surface area contributed by atoms with E-state index in [1.807, 2.05) is 62.6 Å². The van der Waals surface area contributed by atoms with Crippen LogP contribution < -0.4 is 15.4 Å². The minimum atomic E-state index is -0.828. The van der Waals surface area contributed by atoms with Crippen molar-refractivity contribution in [2.45, 2.75) is 83.8 Å². The Morgan fingerprint density at radius 1 is 1.07 bits per heavy atom. The monoisotopic (exact) mass is 774 g/mol. The third-order valence-corrected chi connectivity index (χ3v) is 12.8. The number of halogens is 1. The zero-order valence-corrected chi connectivity index (χ0v) is 34.3. The molecule has 4 fully saturated rings. The molecule has 3 aliphatic carbocycles. The summed E-state index contributed by atoms with van der Waals surface area (Å²) in [5, 5.41) is 19.8. The number of hydrogen-bond acceptors (Lipinski definition) is 8. The Morgan fingerprint density at radius 3 is 2.45 bits per heavy atom. The molecule has 2 amide bonds. The molecule has 298 valence electrons. The minimum Gasteiger partial charge on any atom is -0.496 e. The number of benzene rings is 3. The SMILES string of the molecule is COC[C@@H]1ON(Cc2cccc(-c3cc(Cl)cc(C(=O)NC(Cc4ccccc4)CN(C)C)c3)c2OC)[C@H](C(=O)N[C@H]2C[C@H]3C[C@@H]([C@@H]2C)C3(C)C)[C@@H]1[C@H](C)O. The van der Waals surface area contributed by atoms with Gasteiger partial charge in [0, 0.05) is 53.4 Å². The molecule has 4 aliphatic rings. The van der Waals surface area contributed by atoms with Crippen LogP contribution in [0.4, 0.5) is 0 Å². The molecule has 0 spiro atoms. The first-order valence-electron chi connectivity index (χ1n) is 19.6. The van der Waals surface area contributed by atoms with E-state index in [4.69, 9.17) is 25.9 Å². The Kier molecular flexibility index (Phi) is 13.0. The third-order valence-electron chi connectivity index (χ3n) is 12.6. The number of methoxy groups -OCH3 is 2. The van der Waals surface area contributed by atoms with Crippen molar-refractivity contribution in [3.63, 3.8) is 0 Å². The van der Waals surface area contributed by atoms with Crippen molar-refractivity contribution < 1.29 is 29.0 Å². The molecule has 0 radical (unpaired) electrons. The lowest BCUT2D eigenvalue weighted by Gasteiger charge is -2.62. The third kappa shape index (κ3) is 8.90. The topological polar surface area (TPSA) is 113 Å². The van der Waals surface area contributed by atoms with E-state index in [0.717, 1.165) is 23.1 Å². The summed E-state index contributed by atoms with van der Waals surface area (Å²) in [6, 6.07) is 20.4. The van der Waals surface area contributed by atoms with E-state index < -0.39 is 24.2 Å². The summed E-state index contributed by atoms with van der Waals surface area (Å²) in [7, 11) is 7.18. The maximum atomic E-state index is 14.4. The quantitative estimate of drug-likeness (QED) is 0.167. The van der Waals surface area contributed by atoms with E-state index in [2.05, 4.69) is 48.4 Å². The molecule has 1 unspecified atom stereocenters. The maximum absolute atomic E-state index is 14.4. The van der Waals surface area contributed by atoms with E-state index >= 15 is 0 Å². The highest BCUT2D eigenvalue weighted by Gasteiger charge is 2.57. The number of fused-ring (bicyclic) bond motifs is 2. The predicted molar refractivity (Wildman–Crippen MR) is 216 cm³/mol. The summed E-state index contributed by atoms with van der Waals surface area (Å²) in [4.78, 5) is 36.7. The van der Waals surface area contributed by atoms with Gasteiger partial charge in [0.15, 0.2) is 0 Å². The Bertz CT molecular complexity index is 1800. The molecular formula is C44H59ClN4O6. The molecule has 11 heteroatoms. The van der Waals surface area contributed by atoms with Gasteiger partial charge in [0.1, 0.15) is 17.9 Å². The van der Waals surface area contributed by atoms with Crippen molar-refractivity contribution >= 4 is 23.4 Å². The van der Waals surface area contributed by atoms with Gasteiger partial charge in [-0.05, 0) is 92.8 Å². The number of carbonyl (C=O) groups excluding carboxylic acids is 2. The Labute approximate surface area is 331 Å². The first-order valence-corrected chi connectivity index (χ1v) is 20.0. The number of nitrogens with zero attached hydrogens (tertiary/aromatic N) is 2. The Morgan fingerprint density at radius 2 is 1.82 bits per heavy atom. The van der Waals surface area contributed by atoms with Crippen LogP contribution in [0.15, 0.2) is 66.7 Å². The van der Waals surface area contributed by atoms with Crippen molar-refractivity contribution in [1.82, 2.24) is 20.6 Å². The zero-order valence-electron chi connectivity index (χ0n) is 33.6. The fourth-order valence-electron chi connectivity index (χ4n) is 9.63. The lowest BCUT2D eigenvalue weighted by molar-refractivity contribution is -0.185. The molecule has 9 atom stereocenters. The average Bonchev–Trinajstić information content (AvgIpc) is 3.49. The highest BCUT2D eigenvalue weighted by Crippen LogP contribution is 2.61. The number of ether oxygens (including phenoxy) is 2. The number of para-hydroxylation sites is 1. The van der Waals surface area contributed by atoms with Crippen LogP contribution in [0, 0.1) is 29.1 Å². The largest absolute Gasteiger partial charge is 0.496 e. The molecule has 1 aliphatic heterocycles. The number of hydroxylamine groups is 2. The fourth-order valence-corrected chi connectivity index (χ4v) is 9.86. The number of carbonyl (C=O) groups is 2. The first kappa shape index (κ1) is 41.1. The molecule has 1 saturated heterocycles. The molecule has 55 heavy (non-hydrogen) atoms. The van der Waals surface area contributed by atoms with Gasteiger partial charge in [0.05, 0.1) is 26.4 Å². The van der Waals surface area contributed by atoms with Crippen molar-refractivity contribution in [3.05, 3.63) is 88.4 Å². The lowest BCUT2D eigenvalue weighted by Crippen LogP contribution is -2.62. The first-order chi connectivity index (χ1) is 26.2. The Hall–Kier alpha value is -3.51. The van der Waals surface area contributed by atoms with Crippen LogP contribution in [0.2, 0.25) is 5.02 Å². The number of amides is 2. The predicted octanol–water partition coefficient (Wildman–Crippen LogP) is 6.23. The smallest absolute Gasteiger partial charge is 0.251 e. The molecule has 7 rings (SSSR count). The van der Waals surface area contributed by atoms with Gasteiger partial charge in [-0.1, -0.05) is 80.9 Å². The van der Waals surface area contributed by atoms with E-state index in [0.29, 0.717) is 58.0 Å². The average molecular weight is 775 g/mol. The highest BCUT2D eigenvalue weighted by molar-refractivity contribution is 6.31. The van der Waals surface area contributed by atoms with Gasteiger partial charge in [0.2, 0.25) is 5.91 Å². The molecule has 1 heterocycles. The van der Waals surface area contributed by atoms with Gasteiger partial charge < -0.3 is 30.1 Å². The van der Waals surface area contributed by atoms with Crippen molar-refractivity contribution in [2.75, 3.05) is 41.5 Å². The van der Waals surface area contributed by atoms with Crippen molar-refractivity contribution in [2.24, 2.45) is 29.1 Å². The zero-order chi connectivity index (χ0) is 39.6. The number of aliphatic hydroxyl groups is 1. The van der Waals surface area contributed by atoms with Crippen LogP contribution in [0.5, 0.6) is 5.75 Å². The molecule has 3 N–H and O–H groups in total. The lowest BCUT2D eigenvalue weighted by atomic mass is 9.45. The molecule has 10 nitrogen and oxygen atoms in total. The van der Waals surface area contributed by atoms with Crippen LogP contribution in [0.3, 0.4) is 0 Å². The van der Waals surface area contributed by atoms with Gasteiger partial charge in [-0.15, -0.1) is 0 Å². The van der Waals surface area contributed by atoms with Gasteiger partial charge >= 0.3 is 0 Å². The standard InChI is InChI=1S/C44H59ClN4O6/c1-26-36-21-32(44(36,3)4)22-37(26)47-43(52)40-39(27(2)50)38(25-53-7)55-49(40)23-29-15-12-16-35(41(29)54-8)30-18-31(20-33(45)19-30)42(51)46-34(24-48(5)6)17-28-13-10-9-11-14-28/h9-16,18-20,26-27,32,34,36-40,50H,17,21-25H2,1-8H3,(H,46,51)(H,47,52)/t26-,27-,32+,34?,36-,37-,38-,39+,40-/m0/s1. The molecule has 3 saturated carbocycles. The van der Waals surface area contributed by atoms with E-state index in [-0.39, 0.29) is 37.0 Å². The molecule has 2 bridgehead atoms. The van der Waals surface area contributed by atoms with Crippen LogP contribution in [-0.2, 0) is 27.3 Å². The second-order valence-corrected chi connectivity index (χ2v) is 17.3. The summed E-state index contributed by atoms with van der Waals surface area (Å²) >= 11 is 6.69. The summed E-state index contributed by atoms with van der Waals surface area (Å²) in [5.41, 5.74) is 4.10. The van der Waals surface area contributed by atoms with Gasteiger partial charge in [-0.3, -0.25) is 14.4 Å². The van der Waals surface area contributed by atoms with E-state index in [1.54, 1.807) is 32.3 Å². The van der Waals surface area contributed by atoms with Crippen molar-refractivity contribution in [1.29, 1.82) is 0 Å². The van der Waals surface area contributed by atoms with Crippen LogP contribution in [0.1, 0.15) is 62.0 Å². The fraction of sp³-hybridized carbons (Fsp3) is 0.545. The second-order valence-electron chi connectivity index (χ2n) is 16.9. The highest BCUT2D eigenvalue weighted by atomic mass is 35.5. The Balaban J connectivity index is 1.26. The summed E-state index contributed by atoms with van der Waals surface area (Å²) in [5.74, 6) is 1.18. The number of hydrogen-bond donors (Lipinski definition) is 3. The summed E-state index contributed by atoms with van der Waals surface area (Å²) < 4.78 is 11.6. The van der Waals surface area contributed by atoms with Gasteiger partial charge in [-0.25, -0.2) is 0 Å². The molecular weight excluding hydrogens is 716 g/mol. The van der Waals surface area contributed by atoms with Crippen LogP contribution in [-0.4, -0.2) is 98.7 Å². The molecule has 3 aromatic carbocycles. The normalized spacial score (nSPS) is 26.9. The van der Waals surface area contributed by atoms with Gasteiger partial charge in [0.25, 0.3) is 5.91 Å². The molecule has 3 aromatic rings. The summed E-state index contributed by atoms with van der Waals surface area (Å²) in [6.45, 7) is 9.75. The number of likely N-dealkylation sites (N-methyl/N-ethyl adjacent to an activating group) is 1. The van der Waals surface area contributed by atoms with Crippen LogP contribution >= 0.6 is 11.6 Å². The minimum absolute atomic E-state index is 0.0610. The van der Waals surface area contributed by atoms with Crippen LogP contribution in [0.25, 0.3) is 11.1 Å². The number of rotatable bonds is 15. The summed E-state index contributed by atoms with van der Waals surface area (Å²) in [6.07, 6.45) is 1.49. The van der Waals surface area contributed by atoms with E-state index in [9.17, 15) is 14.7 Å². The maximum Gasteiger partial charge on any atom is 0.251 e. The molecule has 0 aromatic heterocycles. The number of nitrogens with one attached hydrogen (secondary N) is 2. The number of aliphatic hydroxyl groups excluding tert-OH is 1. The van der Waals surface area contributed by atoms with Gasteiger partial charge in [-0.2, -0.15) is 5.06 Å². The van der Waals surface area contributed by atoms with E-state index in [1.165, 1.54) is 6.42 Å². The second kappa shape index (κ2) is 17.3.